The van der Waals surface area contributed by atoms with Crippen molar-refractivity contribution in [3.63, 3.8) is 0 Å². The minimum Gasteiger partial charge on any atom is -0.444 e. The Kier molecular flexibility index (Phi) is 9.11. The first-order valence-electron chi connectivity index (χ1n) is 21.3. The highest BCUT2D eigenvalue weighted by Gasteiger charge is 2.84. The van der Waals surface area contributed by atoms with Crippen molar-refractivity contribution in [2.24, 2.45) is 56.7 Å². The molecule has 0 bridgehead atoms. The standard InChI is InChI=1S/C43H70N2O9/c1-24-19-26(33(46)39(7,8)50)52-32-31(24)40(9)15-16-43-23-42(43)14-13-29(38(5,6)27(42)11-12-28(43)41(40,10)34(32)47)53-30-22-44(17-18-51-30)35(48)25-20-45(21-25)36(49)54-37(2,3)4/h24-34,46-47,50H,11-23H2,1-10H3/t24-,26-,27+,28+,29?,30?,31?,32+,33?,34+,40-,41-,42?,43+/m1/s1. The highest BCUT2D eigenvalue weighted by Crippen LogP contribution is 2.89. The Morgan fingerprint density at radius 1 is 0.907 bits per heavy atom. The average Bonchev–Trinajstić information content (AvgIpc) is 3.68. The second kappa shape index (κ2) is 12.5. The van der Waals surface area contributed by atoms with Gasteiger partial charge in [0.15, 0.2) is 6.29 Å². The Bertz CT molecular complexity index is 1500. The minimum atomic E-state index is -1.28. The van der Waals surface area contributed by atoms with Gasteiger partial charge in [-0.25, -0.2) is 4.79 Å². The van der Waals surface area contributed by atoms with Crippen LogP contribution in [-0.4, -0.2) is 118 Å². The van der Waals surface area contributed by atoms with E-state index in [0.717, 1.165) is 32.1 Å². The normalized spacial score (nSPS) is 47.6. The molecule has 11 nitrogen and oxygen atoms in total. The van der Waals surface area contributed by atoms with E-state index in [9.17, 15) is 24.9 Å². The van der Waals surface area contributed by atoms with Crippen LogP contribution < -0.4 is 0 Å². The second-order valence-electron chi connectivity index (χ2n) is 21.9. The van der Waals surface area contributed by atoms with E-state index in [-0.39, 0.29) is 69.0 Å². The predicted octanol–water partition coefficient (Wildman–Crippen LogP) is 5.37. The maximum absolute atomic E-state index is 13.5. The fourth-order valence-corrected chi connectivity index (χ4v) is 14.7. The molecule has 3 aliphatic heterocycles. The molecule has 0 aromatic heterocycles. The molecule has 14 atom stereocenters. The predicted molar refractivity (Wildman–Crippen MR) is 201 cm³/mol. The molecule has 3 N–H and O–H groups in total. The Labute approximate surface area is 323 Å². The Hall–Kier alpha value is -1.50. The Balaban J connectivity index is 0.935. The molecule has 2 amide bonds. The molecule has 11 heteroatoms. The third-order valence-corrected chi connectivity index (χ3v) is 17.4. The molecule has 8 rings (SSSR count). The summed E-state index contributed by atoms with van der Waals surface area (Å²) in [6, 6.07) is 0. The number of amides is 2. The number of rotatable bonds is 5. The van der Waals surface area contributed by atoms with Crippen LogP contribution in [0.2, 0.25) is 0 Å². The van der Waals surface area contributed by atoms with E-state index in [1.54, 1.807) is 18.7 Å². The number of carbonyl (C=O) groups is 2. The molecule has 2 spiro atoms. The van der Waals surface area contributed by atoms with Crippen LogP contribution in [0.25, 0.3) is 0 Å². The molecular weight excluding hydrogens is 688 g/mol. The summed E-state index contributed by atoms with van der Waals surface area (Å²) in [5.74, 6) is 1.23. The number of morpholine rings is 1. The van der Waals surface area contributed by atoms with Crippen LogP contribution in [0.5, 0.6) is 0 Å². The highest BCUT2D eigenvalue weighted by molar-refractivity contribution is 5.82. The first-order chi connectivity index (χ1) is 25.0. The van der Waals surface area contributed by atoms with Crippen molar-refractivity contribution in [1.29, 1.82) is 0 Å². The van der Waals surface area contributed by atoms with Crippen LogP contribution in [-0.2, 0) is 23.7 Å². The molecule has 0 radical (unpaired) electrons. The van der Waals surface area contributed by atoms with Crippen molar-refractivity contribution >= 4 is 12.0 Å². The van der Waals surface area contributed by atoms with Crippen LogP contribution in [0, 0.1) is 56.7 Å². The van der Waals surface area contributed by atoms with Gasteiger partial charge in [0.2, 0.25) is 5.91 Å². The van der Waals surface area contributed by atoms with E-state index in [4.69, 9.17) is 18.9 Å². The summed E-state index contributed by atoms with van der Waals surface area (Å²) in [6.45, 7) is 22.9. The summed E-state index contributed by atoms with van der Waals surface area (Å²) >= 11 is 0. The van der Waals surface area contributed by atoms with Gasteiger partial charge in [-0.3, -0.25) is 4.79 Å². The van der Waals surface area contributed by atoms with E-state index in [1.807, 2.05) is 25.7 Å². The summed E-state index contributed by atoms with van der Waals surface area (Å²) in [4.78, 5) is 29.4. The molecule has 0 aromatic carbocycles. The van der Waals surface area contributed by atoms with Crippen molar-refractivity contribution in [3.05, 3.63) is 0 Å². The van der Waals surface area contributed by atoms with Gasteiger partial charge in [-0.15, -0.1) is 0 Å². The monoisotopic (exact) mass is 759 g/mol. The first-order valence-corrected chi connectivity index (χ1v) is 21.3. The lowest BCUT2D eigenvalue weighted by Crippen LogP contribution is -2.61. The van der Waals surface area contributed by atoms with Crippen LogP contribution >= 0.6 is 0 Å². The van der Waals surface area contributed by atoms with Crippen molar-refractivity contribution in [3.8, 4) is 0 Å². The molecule has 3 heterocycles. The molecule has 5 saturated carbocycles. The molecule has 5 unspecified atom stereocenters. The highest BCUT2D eigenvalue weighted by atomic mass is 16.7. The molecule has 3 saturated heterocycles. The van der Waals surface area contributed by atoms with Gasteiger partial charge in [0.05, 0.1) is 49.1 Å². The van der Waals surface area contributed by atoms with Gasteiger partial charge < -0.3 is 44.1 Å². The quantitative estimate of drug-likeness (QED) is 0.338. The Morgan fingerprint density at radius 3 is 2.24 bits per heavy atom. The summed E-state index contributed by atoms with van der Waals surface area (Å²) in [5.41, 5.74) is -1.84. The van der Waals surface area contributed by atoms with Crippen molar-refractivity contribution in [2.75, 3.05) is 32.8 Å². The smallest absolute Gasteiger partial charge is 0.410 e. The summed E-state index contributed by atoms with van der Waals surface area (Å²) in [7, 11) is 0. The number of aliphatic hydroxyl groups excluding tert-OH is 2. The minimum absolute atomic E-state index is 0.0199. The van der Waals surface area contributed by atoms with E-state index in [1.165, 1.54) is 12.8 Å². The number of likely N-dealkylation sites (tertiary alicyclic amines) is 1. The number of fused-ring (bicyclic) bond motifs is 4. The van der Waals surface area contributed by atoms with E-state index < -0.39 is 35.8 Å². The van der Waals surface area contributed by atoms with E-state index in [0.29, 0.717) is 51.0 Å². The molecule has 8 fully saturated rings. The van der Waals surface area contributed by atoms with Crippen LogP contribution in [0.1, 0.15) is 121 Å². The van der Waals surface area contributed by atoms with Gasteiger partial charge in [-0.1, -0.05) is 34.6 Å². The number of hydrogen-bond donors (Lipinski definition) is 3. The third-order valence-electron chi connectivity index (χ3n) is 17.4. The summed E-state index contributed by atoms with van der Waals surface area (Å²) in [6.07, 6.45) is 5.15. The first kappa shape index (κ1) is 39.3. The maximum Gasteiger partial charge on any atom is 0.410 e. The lowest BCUT2D eigenvalue weighted by atomic mass is 9.41. The van der Waals surface area contributed by atoms with Crippen molar-refractivity contribution < 1.29 is 43.9 Å². The molecular formula is C43H70N2O9. The van der Waals surface area contributed by atoms with E-state index in [2.05, 4.69) is 34.6 Å². The third kappa shape index (κ3) is 5.54. The number of carbonyl (C=O) groups excluding carboxylic acids is 2. The summed E-state index contributed by atoms with van der Waals surface area (Å²) < 4.78 is 25.2. The zero-order valence-corrected chi connectivity index (χ0v) is 34.7. The second-order valence-corrected chi connectivity index (χ2v) is 21.9. The maximum atomic E-state index is 13.5. The largest absolute Gasteiger partial charge is 0.444 e. The number of aliphatic hydroxyl groups is 3. The summed E-state index contributed by atoms with van der Waals surface area (Å²) in [5, 5.41) is 34.2. The topological polar surface area (TPSA) is 138 Å². The molecule has 5 aliphatic carbocycles. The van der Waals surface area contributed by atoms with Crippen LogP contribution in [0.4, 0.5) is 4.79 Å². The zero-order valence-electron chi connectivity index (χ0n) is 34.7. The van der Waals surface area contributed by atoms with E-state index >= 15 is 0 Å². The van der Waals surface area contributed by atoms with Crippen molar-refractivity contribution in [1.82, 2.24) is 9.80 Å². The van der Waals surface area contributed by atoms with Gasteiger partial charge in [0.1, 0.15) is 11.7 Å². The fraction of sp³-hybridized carbons (Fsp3) is 0.953. The number of hydrogen-bond acceptors (Lipinski definition) is 9. The molecule has 0 aromatic rings. The fourth-order valence-electron chi connectivity index (χ4n) is 14.7. The molecule has 8 aliphatic rings. The van der Waals surface area contributed by atoms with Gasteiger partial charge in [-0.2, -0.15) is 0 Å². The van der Waals surface area contributed by atoms with Crippen LogP contribution in [0.3, 0.4) is 0 Å². The van der Waals surface area contributed by atoms with Gasteiger partial charge in [0.25, 0.3) is 0 Å². The van der Waals surface area contributed by atoms with Crippen LogP contribution in [0.15, 0.2) is 0 Å². The molecule has 306 valence electrons. The Morgan fingerprint density at radius 2 is 1.57 bits per heavy atom. The SMILES string of the molecule is C[C@@H]1C[C@H](C(O)C(C)(C)O)O[C@H]2C1[C@@]1(C)CC[C@@]34CC35CCC(OC3CN(C(=O)C6CN(C(=O)OC(C)(C)C)C6)CCO3)C(C)(C)[C@@H]5CC[C@H]4[C@]1(C)[C@H]2O. The van der Waals surface area contributed by atoms with Crippen molar-refractivity contribution in [2.45, 2.75) is 169 Å². The molecule has 54 heavy (non-hydrogen) atoms. The average molecular weight is 759 g/mol. The van der Waals surface area contributed by atoms with Gasteiger partial charge in [0, 0.05) is 25.0 Å². The lowest BCUT2D eigenvalue weighted by Gasteiger charge is -2.64. The van der Waals surface area contributed by atoms with Gasteiger partial charge >= 0.3 is 6.09 Å². The lowest BCUT2D eigenvalue weighted by molar-refractivity contribution is -0.248. The van der Waals surface area contributed by atoms with Gasteiger partial charge in [-0.05, 0) is 131 Å². The zero-order chi connectivity index (χ0) is 39.2. The number of nitrogens with zero attached hydrogens (tertiary/aromatic N) is 2. The number of ether oxygens (including phenoxy) is 4.